The van der Waals surface area contributed by atoms with Crippen LogP contribution in [0.15, 0.2) is 76.5 Å². The van der Waals surface area contributed by atoms with Crippen LogP contribution in [0.25, 0.3) is 0 Å². The molecule has 0 saturated carbocycles. The molecule has 0 bridgehead atoms. The van der Waals surface area contributed by atoms with E-state index in [1.807, 2.05) is 12.1 Å². The fourth-order valence-corrected chi connectivity index (χ4v) is 4.99. The van der Waals surface area contributed by atoms with Crippen molar-refractivity contribution in [3.05, 3.63) is 81.8 Å². The van der Waals surface area contributed by atoms with Gasteiger partial charge in [0.25, 0.3) is 10.0 Å². The topological polar surface area (TPSA) is 75.3 Å². The number of sulfonamides is 1. The van der Waals surface area contributed by atoms with Gasteiger partial charge in [0.2, 0.25) is 5.91 Å². The van der Waals surface area contributed by atoms with Gasteiger partial charge in [-0.25, -0.2) is 8.42 Å². The Morgan fingerprint density at radius 2 is 1.58 bits per heavy atom. The molecule has 3 aromatic rings. The number of hydrogen-bond donors (Lipinski definition) is 2. The number of rotatable bonds is 7. The molecule has 0 fully saturated rings. The maximum absolute atomic E-state index is 12.6. The molecule has 0 heterocycles. The molecule has 31 heavy (non-hydrogen) atoms. The minimum Gasteiger partial charge on any atom is -0.325 e. The van der Waals surface area contributed by atoms with E-state index in [0.717, 1.165) is 4.90 Å². The lowest BCUT2D eigenvalue weighted by Crippen LogP contribution is -2.22. The molecule has 0 aliphatic heterocycles. The molecule has 3 rings (SSSR count). The molecule has 5 nitrogen and oxygen atoms in total. The molecule has 0 unspecified atom stereocenters. The van der Waals surface area contributed by atoms with Crippen LogP contribution in [0.5, 0.6) is 0 Å². The lowest BCUT2D eigenvalue weighted by Gasteiger charge is -2.13. The lowest BCUT2D eigenvalue weighted by atomic mass is 10.3. The molecule has 1 amide bonds. The van der Waals surface area contributed by atoms with Crippen LogP contribution in [0.3, 0.4) is 0 Å². The van der Waals surface area contributed by atoms with Crippen LogP contribution in [-0.4, -0.2) is 19.6 Å². The molecule has 0 aromatic heterocycles. The zero-order chi connectivity index (χ0) is 22.6. The van der Waals surface area contributed by atoms with E-state index in [9.17, 15) is 13.2 Å². The largest absolute Gasteiger partial charge is 0.325 e. The van der Waals surface area contributed by atoms with Crippen molar-refractivity contribution in [2.45, 2.75) is 22.0 Å². The molecule has 0 aliphatic carbocycles. The summed E-state index contributed by atoms with van der Waals surface area (Å²) in [4.78, 5) is 13.4. The van der Waals surface area contributed by atoms with Crippen molar-refractivity contribution in [2.75, 3.05) is 10.0 Å². The summed E-state index contributed by atoms with van der Waals surface area (Å²) < 4.78 is 27.7. The molecule has 3 aromatic carbocycles. The minimum absolute atomic E-state index is 0.0186. The minimum atomic E-state index is -3.88. The van der Waals surface area contributed by atoms with Gasteiger partial charge < -0.3 is 5.32 Å². The van der Waals surface area contributed by atoms with Gasteiger partial charge in [0.15, 0.2) is 0 Å². The van der Waals surface area contributed by atoms with Crippen molar-refractivity contribution in [3.63, 3.8) is 0 Å². The van der Waals surface area contributed by atoms with Crippen molar-refractivity contribution in [2.24, 2.45) is 0 Å². The first-order chi connectivity index (χ1) is 14.7. The van der Waals surface area contributed by atoms with E-state index in [2.05, 4.69) is 10.0 Å². The quantitative estimate of drug-likeness (QED) is 0.349. The molecule has 10 heteroatoms. The highest BCUT2D eigenvalue weighted by molar-refractivity contribution is 8.00. The van der Waals surface area contributed by atoms with E-state index >= 15 is 0 Å². The van der Waals surface area contributed by atoms with Gasteiger partial charge >= 0.3 is 0 Å². The number of nitrogens with one attached hydrogen (secondary N) is 2. The first kappa shape index (κ1) is 23.8. The molecule has 0 spiro atoms. The predicted octanol–water partition coefficient (Wildman–Crippen LogP) is 6.57. The highest BCUT2D eigenvalue weighted by Crippen LogP contribution is 2.31. The average Bonchev–Trinajstić information content (AvgIpc) is 2.73. The van der Waals surface area contributed by atoms with Gasteiger partial charge in [-0.3, -0.25) is 9.52 Å². The number of thioether (sulfide) groups is 1. The summed E-state index contributed by atoms with van der Waals surface area (Å²) in [6, 6.07) is 17.7. The van der Waals surface area contributed by atoms with Crippen LogP contribution < -0.4 is 10.0 Å². The van der Waals surface area contributed by atoms with Gasteiger partial charge in [0.1, 0.15) is 0 Å². The smallest absolute Gasteiger partial charge is 0.261 e. The van der Waals surface area contributed by atoms with Crippen molar-refractivity contribution in [3.8, 4) is 0 Å². The molecular formula is C21H17Cl3N2O3S2. The molecule has 0 aliphatic rings. The average molecular weight is 516 g/mol. The number of benzene rings is 3. The Kier molecular flexibility index (Phi) is 7.78. The Bertz CT molecular complexity index is 1190. The van der Waals surface area contributed by atoms with Crippen LogP contribution in [-0.2, 0) is 14.8 Å². The number of carbonyl (C=O) groups is 1. The summed E-state index contributed by atoms with van der Waals surface area (Å²) in [7, 11) is -3.88. The zero-order valence-corrected chi connectivity index (χ0v) is 20.0. The number of carbonyl (C=O) groups excluding carboxylic acids is 1. The van der Waals surface area contributed by atoms with Crippen LogP contribution in [0, 0.1) is 0 Å². The van der Waals surface area contributed by atoms with E-state index in [1.54, 1.807) is 31.2 Å². The van der Waals surface area contributed by atoms with E-state index in [0.29, 0.717) is 10.7 Å². The van der Waals surface area contributed by atoms with Gasteiger partial charge in [-0.15, -0.1) is 11.8 Å². The van der Waals surface area contributed by atoms with Gasteiger partial charge in [0, 0.05) is 15.6 Å². The van der Waals surface area contributed by atoms with E-state index < -0.39 is 10.0 Å². The number of hydrogen-bond acceptors (Lipinski definition) is 4. The predicted molar refractivity (Wildman–Crippen MR) is 129 cm³/mol. The maximum atomic E-state index is 12.6. The molecule has 2 N–H and O–H groups in total. The van der Waals surface area contributed by atoms with E-state index in [4.69, 9.17) is 34.8 Å². The highest BCUT2D eigenvalue weighted by atomic mass is 35.5. The molecular weight excluding hydrogens is 499 g/mol. The van der Waals surface area contributed by atoms with Crippen molar-refractivity contribution in [1.29, 1.82) is 0 Å². The van der Waals surface area contributed by atoms with Crippen LogP contribution >= 0.6 is 46.6 Å². The lowest BCUT2D eigenvalue weighted by molar-refractivity contribution is -0.115. The second-order valence-electron chi connectivity index (χ2n) is 6.43. The summed E-state index contributed by atoms with van der Waals surface area (Å²) in [5.41, 5.74) is 0.660. The van der Waals surface area contributed by atoms with E-state index in [1.165, 1.54) is 42.1 Å². The summed E-state index contributed by atoms with van der Waals surface area (Å²) >= 11 is 19.2. The third-order valence-corrected chi connectivity index (χ3v) is 7.69. The second kappa shape index (κ2) is 10.1. The summed E-state index contributed by atoms with van der Waals surface area (Å²) in [5.74, 6) is -0.209. The van der Waals surface area contributed by atoms with Gasteiger partial charge in [0.05, 0.1) is 25.9 Å². The maximum Gasteiger partial charge on any atom is 0.261 e. The van der Waals surface area contributed by atoms with E-state index in [-0.39, 0.29) is 31.8 Å². The van der Waals surface area contributed by atoms with Crippen LogP contribution in [0.4, 0.5) is 11.4 Å². The zero-order valence-electron chi connectivity index (χ0n) is 16.1. The van der Waals surface area contributed by atoms with Crippen molar-refractivity contribution < 1.29 is 13.2 Å². The fraction of sp³-hybridized carbons (Fsp3) is 0.0952. The second-order valence-corrected chi connectivity index (χ2v) is 10.8. The molecule has 0 radical (unpaired) electrons. The number of halogens is 3. The third kappa shape index (κ3) is 6.30. The molecule has 1 atom stereocenters. The Balaban J connectivity index is 1.65. The fourth-order valence-electron chi connectivity index (χ4n) is 2.52. The third-order valence-electron chi connectivity index (χ3n) is 4.12. The number of amides is 1. The first-order valence-electron chi connectivity index (χ1n) is 8.96. The Morgan fingerprint density at radius 3 is 2.23 bits per heavy atom. The first-order valence-corrected chi connectivity index (χ1v) is 12.5. The van der Waals surface area contributed by atoms with Crippen LogP contribution in [0.2, 0.25) is 15.1 Å². The summed E-state index contributed by atoms with van der Waals surface area (Å²) in [6.45, 7) is 1.78. The Morgan fingerprint density at radius 1 is 0.935 bits per heavy atom. The monoisotopic (exact) mass is 514 g/mol. The summed E-state index contributed by atoms with van der Waals surface area (Å²) in [6.07, 6.45) is 0. The van der Waals surface area contributed by atoms with Gasteiger partial charge in [-0.1, -0.05) is 40.9 Å². The summed E-state index contributed by atoms with van der Waals surface area (Å²) in [5, 5.41) is 3.40. The number of anilines is 2. The van der Waals surface area contributed by atoms with Gasteiger partial charge in [-0.05, 0) is 67.6 Å². The standard InChI is InChI=1S/C21H17Cl3N2O3S2/c1-13(30-16-9-5-14(22)6-10-16)21(27)25-15-7-11-17(12-8-15)31(28,29)26-19-4-2-3-18(23)20(19)24/h2-13,26H,1H3,(H,25,27)/t13-/m1/s1. The van der Waals surface area contributed by atoms with Crippen molar-refractivity contribution >= 4 is 73.9 Å². The molecule has 0 saturated heterocycles. The Labute approximate surface area is 200 Å². The SMILES string of the molecule is C[C@@H](Sc1ccc(Cl)cc1)C(=O)Nc1ccc(S(=O)(=O)Nc2cccc(Cl)c2Cl)cc1. The normalized spacial score (nSPS) is 12.3. The van der Waals surface area contributed by atoms with Crippen molar-refractivity contribution in [1.82, 2.24) is 0 Å². The highest BCUT2D eigenvalue weighted by Gasteiger charge is 2.18. The van der Waals surface area contributed by atoms with Crippen LogP contribution in [0.1, 0.15) is 6.92 Å². The Hall–Kier alpha value is -1.90. The molecule has 162 valence electrons. The van der Waals surface area contributed by atoms with Gasteiger partial charge in [-0.2, -0.15) is 0 Å².